The Hall–Kier alpha value is -1.44. The monoisotopic (exact) mass is 354 g/mol. The molecule has 1 N–H and O–H groups in total. The lowest BCUT2D eigenvalue weighted by Crippen LogP contribution is -2.32. The number of nitrogens with zero attached hydrogens (tertiary/aromatic N) is 1. The topological polar surface area (TPSA) is 75.7 Å². The smallest absolute Gasteiger partial charge is 0.253 e. The zero-order chi connectivity index (χ0) is 17.6. The number of rotatable bonds is 8. The Balaban J connectivity index is 2.08. The summed E-state index contributed by atoms with van der Waals surface area (Å²) in [7, 11) is -3.49. The highest BCUT2D eigenvalue weighted by molar-refractivity contribution is 7.89. The highest BCUT2D eigenvalue weighted by Crippen LogP contribution is 2.20. The van der Waals surface area contributed by atoms with Crippen molar-refractivity contribution in [2.24, 2.45) is 0 Å². The first-order chi connectivity index (χ1) is 11.5. The van der Waals surface area contributed by atoms with E-state index in [0.717, 1.165) is 25.7 Å². The van der Waals surface area contributed by atoms with Gasteiger partial charge in [-0.3, -0.25) is 4.79 Å². The number of amides is 1. The van der Waals surface area contributed by atoms with Crippen LogP contribution in [0.3, 0.4) is 0 Å². The SMILES string of the molecule is CCCN(CCC)S(=O)(=O)c1ccc(NC(=O)[C@@H]2CCCO2)cc1. The van der Waals surface area contributed by atoms with Crippen molar-refractivity contribution < 1.29 is 17.9 Å². The van der Waals surface area contributed by atoms with Gasteiger partial charge in [-0.1, -0.05) is 13.8 Å². The summed E-state index contributed by atoms with van der Waals surface area (Å²) < 4.78 is 32.2. The molecule has 0 saturated carbocycles. The van der Waals surface area contributed by atoms with E-state index in [1.165, 1.54) is 4.31 Å². The van der Waals surface area contributed by atoms with Crippen LogP contribution in [0.2, 0.25) is 0 Å². The van der Waals surface area contributed by atoms with Gasteiger partial charge in [0.15, 0.2) is 0 Å². The number of hydrogen-bond acceptors (Lipinski definition) is 4. The van der Waals surface area contributed by atoms with Crippen LogP contribution in [-0.4, -0.2) is 44.4 Å². The third-order valence-electron chi connectivity index (χ3n) is 3.93. The summed E-state index contributed by atoms with van der Waals surface area (Å²) in [5.41, 5.74) is 0.576. The molecule has 1 aliphatic rings. The van der Waals surface area contributed by atoms with Crippen molar-refractivity contribution in [3.8, 4) is 0 Å². The van der Waals surface area contributed by atoms with Crippen molar-refractivity contribution in [1.82, 2.24) is 4.31 Å². The number of nitrogens with one attached hydrogen (secondary N) is 1. The Kier molecular flexibility index (Phi) is 6.77. The Labute approximate surface area is 144 Å². The molecule has 134 valence electrons. The molecule has 1 aromatic carbocycles. The van der Waals surface area contributed by atoms with E-state index in [-0.39, 0.29) is 10.8 Å². The Bertz CT molecular complexity index is 631. The minimum absolute atomic E-state index is 0.179. The minimum Gasteiger partial charge on any atom is -0.368 e. The largest absolute Gasteiger partial charge is 0.368 e. The van der Waals surface area contributed by atoms with Crippen LogP contribution in [0.1, 0.15) is 39.5 Å². The van der Waals surface area contributed by atoms with Crippen molar-refractivity contribution in [3.05, 3.63) is 24.3 Å². The second kappa shape index (κ2) is 8.60. The third kappa shape index (κ3) is 4.55. The maximum absolute atomic E-state index is 12.7. The molecule has 1 aromatic rings. The first-order valence-electron chi connectivity index (χ1n) is 8.51. The van der Waals surface area contributed by atoms with Gasteiger partial charge in [-0.05, 0) is 49.9 Å². The fourth-order valence-corrected chi connectivity index (χ4v) is 4.34. The van der Waals surface area contributed by atoms with Crippen LogP contribution < -0.4 is 5.32 Å². The van der Waals surface area contributed by atoms with Crippen molar-refractivity contribution >= 4 is 21.6 Å². The zero-order valence-electron chi connectivity index (χ0n) is 14.3. The maximum Gasteiger partial charge on any atom is 0.253 e. The lowest BCUT2D eigenvalue weighted by atomic mass is 10.2. The minimum atomic E-state index is -3.49. The van der Waals surface area contributed by atoms with Gasteiger partial charge in [-0.2, -0.15) is 4.31 Å². The summed E-state index contributed by atoms with van der Waals surface area (Å²) in [5.74, 6) is -0.179. The first-order valence-corrected chi connectivity index (χ1v) is 9.95. The van der Waals surface area contributed by atoms with Gasteiger partial charge in [-0.15, -0.1) is 0 Å². The third-order valence-corrected chi connectivity index (χ3v) is 5.84. The number of carbonyl (C=O) groups excluding carboxylic acids is 1. The van der Waals surface area contributed by atoms with Gasteiger partial charge in [0.2, 0.25) is 10.0 Å². The molecule has 1 amide bonds. The second-order valence-electron chi connectivity index (χ2n) is 5.92. The summed E-state index contributed by atoms with van der Waals surface area (Å²) in [4.78, 5) is 12.3. The first kappa shape index (κ1) is 18.9. The molecule has 7 heteroatoms. The summed E-state index contributed by atoms with van der Waals surface area (Å²) in [6, 6.07) is 6.32. The van der Waals surface area contributed by atoms with Gasteiger partial charge < -0.3 is 10.1 Å². The Morgan fingerprint density at radius 1 is 1.21 bits per heavy atom. The fraction of sp³-hybridized carbons (Fsp3) is 0.588. The van der Waals surface area contributed by atoms with Gasteiger partial charge in [0.25, 0.3) is 5.91 Å². The molecule has 24 heavy (non-hydrogen) atoms. The van der Waals surface area contributed by atoms with E-state index in [4.69, 9.17) is 4.74 Å². The number of hydrogen-bond donors (Lipinski definition) is 1. The number of ether oxygens (including phenoxy) is 1. The van der Waals surface area contributed by atoms with Crippen LogP contribution in [0.25, 0.3) is 0 Å². The van der Waals surface area contributed by atoms with Crippen molar-refractivity contribution in [2.75, 3.05) is 25.0 Å². The van der Waals surface area contributed by atoms with Gasteiger partial charge in [0.05, 0.1) is 4.90 Å². The molecular formula is C17H26N2O4S. The quantitative estimate of drug-likeness (QED) is 0.779. The number of benzene rings is 1. The average molecular weight is 354 g/mol. The highest BCUT2D eigenvalue weighted by Gasteiger charge is 2.25. The predicted molar refractivity (Wildman–Crippen MR) is 93.4 cm³/mol. The van der Waals surface area contributed by atoms with E-state index >= 15 is 0 Å². The van der Waals surface area contributed by atoms with Crippen LogP contribution >= 0.6 is 0 Å². The van der Waals surface area contributed by atoms with Gasteiger partial charge >= 0.3 is 0 Å². The van der Waals surface area contributed by atoms with Crippen LogP contribution in [0.4, 0.5) is 5.69 Å². The van der Waals surface area contributed by atoms with E-state index in [1.54, 1.807) is 24.3 Å². The van der Waals surface area contributed by atoms with Crippen LogP contribution in [-0.2, 0) is 19.6 Å². The standard InChI is InChI=1S/C17H26N2O4S/c1-3-11-19(12-4-2)24(21,22)15-9-7-14(8-10-15)18-17(20)16-6-5-13-23-16/h7-10,16H,3-6,11-13H2,1-2H3,(H,18,20)/t16-/m0/s1. The molecule has 0 bridgehead atoms. The molecule has 1 atom stereocenters. The molecule has 0 unspecified atom stereocenters. The Morgan fingerprint density at radius 3 is 2.33 bits per heavy atom. The fourth-order valence-electron chi connectivity index (χ4n) is 2.72. The molecule has 0 radical (unpaired) electrons. The molecule has 6 nitrogen and oxygen atoms in total. The summed E-state index contributed by atoms with van der Waals surface area (Å²) in [6.45, 7) is 5.55. The molecule has 1 saturated heterocycles. The van der Waals surface area contributed by atoms with Crippen LogP contribution in [0.5, 0.6) is 0 Å². The summed E-state index contributed by atoms with van der Waals surface area (Å²) in [5, 5.41) is 2.77. The summed E-state index contributed by atoms with van der Waals surface area (Å²) >= 11 is 0. The van der Waals surface area contributed by atoms with Crippen molar-refractivity contribution in [3.63, 3.8) is 0 Å². The number of carbonyl (C=O) groups is 1. The highest BCUT2D eigenvalue weighted by atomic mass is 32.2. The number of anilines is 1. The van der Waals surface area contributed by atoms with E-state index in [9.17, 15) is 13.2 Å². The summed E-state index contributed by atoms with van der Waals surface area (Å²) in [6.07, 6.45) is 2.75. The molecule has 1 heterocycles. The zero-order valence-corrected chi connectivity index (χ0v) is 15.1. The number of sulfonamides is 1. The van der Waals surface area contributed by atoms with Crippen molar-refractivity contribution in [2.45, 2.75) is 50.5 Å². The Morgan fingerprint density at radius 2 is 1.83 bits per heavy atom. The maximum atomic E-state index is 12.7. The lowest BCUT2D eigenvalue weighted by molar-refractivity contribution is -0.124. The van der Waals surface area contributed by atoms with E-state index in [1.807, 2.05) is 13.8 Å². The normalized spacial score (nSPS) is 18.0. The molecule has 1 aliphatic heterocycles. The van der Waals surface area contributed by atoms with E-state index in [2.05, 4.69) is 5.32 Å². The average Bonchev–Trinajstić information content (AvgIpc) is 3.10. The second-order valence-corrected chi connectivity index (χ2v) is 7.86. The molecule has 1 fully saturated rings. The molecule has 0 spiro atoms. The lowest BCUT2D eigenvalue weighted by Gasteiger charge is -2.21. The molecular weight excluding hydrogens is 328 g/mol. The van der Waals surface area contributed by atoms with Crippen LogP contribution in [0.15, 0.2) is 29.2 Å². The predicted octanol–water partition coefficient (Wildman–Crippen LogP) is 2.61. The molecule has 0 aliphatic carbocycles. The van der Waals surface area contributed by atoms with Gasteiger partial charge in [-0.25, -0.2) is 8.42 Å². The molecule has 0 aromatic heterocycles. The van der Waals surface area contributed by atoms with E-state index < -0.39 is 16.1 Å². The van der Waals surface area contributed by atoms with Gasteiger partial charge in [0.1, 0.15) is 6.10 Å². The van der Waals surface area contributed by atoms with Gasteiger partial charge in [0, 0.05) is 25.4 Å². The van der Waals surface area contributed by atoms with E-state index in [0.29, 0.717) is 25.4 Å². The van der Waals surface area contributed by atoms with Crippen molar-refractivity contribution in [1.29, 1.82) is 0 Å². The molecule has 2 rings (SSSR count). The van der Waals surface area contributed by atoms with Crippen LogP contribution in [0, 0.1) is 0 Å².